The van der Waals surface area contributed by atoms with E-state index in [0.29, 0.717) is 18.4 Å². The molecule has 0 aliphatic carbocycles. The van der Waals surface area contributed by atoms with Crippen molar-refractivity contribution in [2.24, 2.45) is 0 Å². The van der Waals surface area contributed by atoms with Gasteiger partial charge in [-0.2, -0.15) is 0 Å². The van der Waals surface area contributed by atoms with Crippen molar-refractivity contribution in [1.29, 1.82) is 0 Å². The molecule has 130 valence electrons. The van der Waals surface area contributed by atoms with Crippen molar-refractivity contribution in [3.05, 3.63) is 35.6 Å². The molecule has 2 saturated heterocycles. The van der Waals surface area contributed by atoms with Crippen LogP contribution in [-0.4, -0.2) is 55.4 Å². The second-order valence-electron chi connectivity index (χ2n) is 5.83. The van der Waals surface area contributed by atoms with Crippen molar-refractivity contribution < 1.29 is 27.1 Å². The third-order valence-electron chi connectivity index (χ3n) is 4.20. The molecule has 0 radical (unpaired) electrons. The topological polar surface area (TPSA) is 84.0 Å². The van der Waals surface area contributed by atoms with E-state index in [1.807, 2.05) is 0 Å². The number of hydrogen-bond acceptors (Lipinski definition) is 5. The second kappa shape index (κ2) is 6.48. The summed E-state index contributed by atoms with van der Waals surface area (Å²) in [6, 6.07) is 5.15. The summed E-state index contributed by atoms with van der Waals surface area (Å²) in [4.78, 5) is 24.3. The molecule has 0 saturated carbocycles. The molecule has 7 nitrogen and oxygen atoms in total. The molecule has 2 fully saturated rings. The van der Waals surface area contributed by atoms with E-state index in [9.17, 15) is 22.4 Å². The standard InChI is InChI=1S/C15H17FN2O5S/c16-12-3-1-2-11(8-12)10-24(21,22)17-6-4-13(5-7-17)18-14(19)9-23-15(18)20/h1-3,8,13H,4-7,9-10H2. The predicted octanol–water partition coefficient (Wildman–Crippen LogP) is 1.10. The summed E-state index contributed by atoms with van der Waals surface area (Å²) in [5.74, 6) is -1.14. The number of amides is 2. The Balaban J connectivity index is 1.63. The monoisotopic (exact) mass is 356 g/mol. The average molecular weight is 356 g/mol. The van der Waals surface area contributed by atoms with Crippen LogP contribution in [0.5, 0.6) is 0 Å². The van der Waals surface area contributed by atoms with E-state index in [-0.39, 0.29) is 37.4 Å². The van der Waals surface area contributed by atoms with Gasteiger partial charge in [0.25, 0.3) is 5.91 Å². The van der Waals surface area contributed by atoms with Crippen LogP contribution in [0, 0.1) is 5.82 Å². The second-order valence-corrected chi connectivity index (χ2v) is 7.80. The number of cyclic esters (lactones) is 1. The maximum Gasteiger partial charge on any atom is 0.417 e. The van der Waals surface area contributed by atoms with Crippen molar-refractivity contribution >= 4 is 22.0 Å². The fraction of sp³-hybridized carbons (Fsp3) is 0.467. The summed E-state index contributed by atoms with van der Waals surface area (Å²) in [5, 5.41) is 0. The number of rotatable bonds is 4. The SMILES string of the molecule is O=C1COC(=O)N1C1CCN(S(=O)(=O)Cc2cccc(F)c2)CC1. The molecule has 0 N–H and O–H groups in total. The van der Waals surface area contributed by atoms with Crippen LogP contribution >= 0.6 is 0 Å². The summed E-state index contributed by atoms with van der Waals surface area (Å²) < 4.78 is 44.1. The van der Waals surface area contributed by atoms with E-state index >= 15 is 0 Å². The highest BCUT2D eigenvalue weighted by Crippen LogP contribution is 2.23. The zero-order valence-corrected chi connectivity index (χ0v) is 13.7. The number of benzene rings is 1. The van der Waals surface area contributed by atoms with Crippen LogP contribution in [0.25, 0.3) is 0 Å². The molecule has 9 heteroatoms. The van der Waals surface area contributed by atoms with Gasteiger partial charge in [-0.3, -0.25) is 4.79 Å². The highest BCUT2D eigenvalue weighted by atomic mass is 32.2. The van der Waals surface area contributed by atoms with Crippen molar-refractivity contribution in [3.8, 4) is 0 Å². The van der Waals surface area contributed by atoms with Gasteiger partial charge in [-0.05, 0) is 30.5 Å². The van der Waals surface area contributed by atoms with E-state index in [1.165, 1.54) is 22.5 Å². The van der Waals surface area contributed by atoms with Crippen LogP contribution in [0.2, 0.25) is 0 Å². The first-order valence-electron chi connectivity index (χ1n) is 7.58. The minimum absolute atomic E-state index is 0.208. The summed E-state index contributed by atoms with van der Waals surface area (Å²) in [7, 11) is -3.58. The van der Waals surface area contributed by atoms with E-state index in [2.05, 4.69) is 4.74 Å². The van der Waals surface area contributed by atoms with E-state index in [4.69, 9.17) is 0 Å². The smallest absolute Gasteiger partial charge is 0.417 e. The molecular weight excluding hydrogens is 339 g/mol. The van der Waals surface area contributed by atoms with Crippen LogP contribution in [0.15, 0.2) is 24.3 Å². The lowest BCUT2D eigenvalue weighted by molar-refractivity contribution is -0.127. The Bertz CT molecular complexity index is 743. The first-order valence-corrected chi connectivity index (χ1v) is 9.19. The fourth-order valence-electron chi connectivity index (χ4n) is 3.02. The minimum Gasteiger partial charge on any atom is -0.439 e. The maximum absolute atomic E-state index is 13.2. The largest absolute Gasteiger partial charge is 0.439 e. The Kier molecular flexibility index (Phi) is 4.55. The number of carbonyl (C=O) groups excluding carboxylic acids is 2. The van der Waals surface area contributed by atoms with Crippen molar-refractivity contribution in [1.82, 2.24) is 9.21 Å². The maximum atomic E-state index is 13.2. The van der Waals surface area contributed by atoms with Gasteiger partial charge in [-0.25, -0.2) is 26.8 Å². The summed E-state index contributed by atoms with van der Waals surface area (Å²) in [6.45, 7) is 0.162. The summed E-state index contributed by atoms with van der Waals surface area (Å²) >= 11 is 0. The Morgan fingerprint density at radius 2 is 1.92 bits per heavy atom. The number of piperidine rings is 1. The number of sulfonamides is 1. The number of hydrogen-bond donors (Lipinski definition) is 0. The van der Waals surface area contributed by atoms with E-state index < -0.39 is 21.9 Å². The van der Waals surface area contributed by atoms with Gasteiger partial charge < -0.3 is 4.74 Å². The third kappa shape index (κ3) is 3.41. The molecule has 3 rings (SSSR count). The Labute approximate surface area is 139 Å². The van der Waals surface area contributed by atoms with E-state index in [0.717, 1.165) is 4.90 Å². The summed E-state index contributed by atoms with van der Waals surface area (Å²) in [5.41, 5.74) is 0.385. The van der Waals surface area contributed by atoms with Gasteiger partial charge in [0.15, 0.2) is 6.61 Å². The quantitative estimate of drug-likeness (QED) is 0.807. The molecule has 1 aromatic rings. The van der Waals surface area contributed by atoms with Gasteiger partial charge in [0.2, 0.25) is 10.0 Å². The van der Waals surface area contributed by atoms with Gasteiger partial charge >= 0.3 is 6.09 Å². The number of halogens is 1. The molecule has 2 amide bonds. The number of ether oxygens (including phenoxy) is 1. The first-order chi connectivity index (χ1) is 11.4. The zero-order valence-electron chi connectivity index (χ0n) is 12.9. The van der Waals surface area contributed by atoms with Gasteiger partial charge in [0.1, 0.15) is 5.82 Å². The lowest BCUT2D eigenvalue weighted by Gasteiger charge is -2.34. The molecular formula is C15H17FN2O5S. The van der Waals surface area contributed by atoms with Crippen LogP contribution in [0.1, 0.15) is 18.4 Å². The molecule has 2 heterocycles. The molecule has 1 aromatic carbocycles. The Morgan fingerprint density at radius 1 is 1.21 bits per heavy atom. The fourth-order valence-corrected chi connectivity index (χ4v) is 4.57. The molecule has 0 unspecified atom stereocenters. The average Bonchev–Trinajstić information content (AvgIpc) is 2.86. The van der Waals surface area contributed by atoms with Crippen LogP contribution in [0.4, 0.5) is 9.18 Å². The van der Waals surface area contributed by atoms with E-state index in [1.54, 1.807) is 6.07 Å². The number of imide groups is 1. The van der Waals surface area contributed by atoms with Gasteiger partial charge in [-0.15, -0.1) is 0 Å². The Morgan fingerprint density at radius 3 is 2.50 bits per heavy atom. The molecule has 0 aromatic heterocycles. The number of nitrogens with zero attached hydrogens (tertiary/aromatic N) is 2. The van der Waals surface area contributed by atoms with Gasteiger partial charge in [-0.1, -0.05) is 12.1 Å². The summed E-state index contributed by atoms with van der Waals surface area (Å²) in [6.07, 6.45) is 0.0629. The lowest BCUT2D eigenvalue weighted by atomic mass is 10.1. The molecule has 0 atom stereocenters. The van der Waals surface area contributed by atoms with Crippen LogP contribution in [0.3, 0.4) is 0 Å². The zero-order chi connectivity index (χ0) is 17.3. The highest BCUT2D eigenvalue weighted by molar-refractivity contribution is 7.88. The molecule has 2 aliphatic heterocycles. The highest BCUT2D eigenvalue weighted by Gasteiger charge is 2.40. The van der Waals surface area contributed by atoms with Crippen molar-refractivity contribution in [2.75, 3.05) is 19.7 Å². The Hall–Kier alpha value is -2.00. The van der Waals surface area contributed by atoms with Gasteiger partial charge in [0.05, 0.1) is 5.75 Å². The molecule has 0 bridgehead atoms. The lowest BCUT2D eigenvalue weighted by Crippen LogP contribution is -2.48. The van der Waals surface area contributed by atoms with Gasteiger partial charge in [0, 0.05) is 19.1 Å². The third-order valence-corrected chi connectivity index (χ3v) is 6.05. The minimum atomic E-state index is -3.58. The number of carbonyl (C=O) groups is 2. The molecule has 2 aliphatic rings. The van der Waals surface area contributed by atoms with Crippen molar-refractivity contribution in [2.45, 2.75) is 24.6 Å². The molecule has 0 spiro atoms. The predicted molar refractivity (Wildman–Crippen MR) is 81.8 cm³/mol. The van der Waals surface area contributed by atoms with Crippen molar-refractivity contribution in [3.63, 3.8) is 0 Å². The van der Waals surface area contributed by atoms with Crippen LogP contribution in [-0.2, 0) is 25.3 Å². The first kappa shape index (κ1) is 16.8. The normalized spacial score (nSPS) is 20.5. The van der Waals surface area contributed by atoms with Crippen LogP contribution < -0.4 is 0 Å². The molecule has 24 heavy (non-hydrogen) atoms.